The van der Waals surface area contributed by atoms with Gasteiger partial charge in [0.1, 0.15) is 5.75 Å². The van der Waals surface area contributed by atoms with Gasteiger partial charge in [-0.1, -0.05) is 54.6 Å². The van der Waals surface area contributed by atoms with Gasteiger partial charge in [0, 0.05) is 17.5 Å². The van der Waals surface area contributed by atoms with Crippen LogP contribution in [0.4, 0.5) is 0 Å². The summed E-state index contributed by atoms with van der Waals surface area (Å²) in [5, 5.41) is 9.64. The lowest BCUT2D eigenvalue weighted by Gasteiger charge is -2.38. The minimum Gasteiger partial charge on any atom is -0.493 e. The number of nitrogens with zero attached hydrogens (tertiary/aromatic N) is 2. The van der Waals surface area contributed by atoms with Crippen molar-refractivity contribution in [3.05, 3.63) is 102 Å². The summed E-state index contributed by atoms with van der Waals surface area (Å²) in [5.74, 6) is 2.26. The number of hydrazone groups is 1. The van der Waals surface area contributed by atoms with Crippen molar-refractivity contribution in [1.82, 2.24) is 5.01 Å². The summed E-state index contributed by atoms with van der Waals surface area (Å²) in [6.45, 7) is 0. The van der Waals surface area contributed by atoms with Crippen molar-refractivity contribution in [2.24, 2.45) is 5.10 Å². The molecule has 4 aromatic rings. The fourth-order valence-electron chi connectivity index (χ4n) is 4.80. The molecule has 0 fully saturated rings. The minimum absolute atomic E-state index is 0.106. The Labute approximate surface area is 192 Å². The lowest BCUT2D eigenvalue weighted by atomic mass is 9.95. The van der Waals surface area contributed by atoms with Crippen LogP contribution >= 0.6 is 0 Å². The molecule has 5 heteroatoms. The Balaban J connectivity index is 1.44. The molecular weight excluding hydrogens is 412 g/mol. The molecule has 0 unspecified atom stereocenters. The van der Waals surface area contributed by atoms with Gasteiger partial charge in [-0.05, 0) is 46.7 Å². The van der Waals surface area contributed by atoms with Crippen LogP contribution in [0.1, 0.15) is 35.4 Å². The molecule has 0 spiro atoms. The summed E-state index contributed by atoms with van der Waals surface area (Å²) >= 11 is 0. The van der Waals surface area contributed by atoms with E-state index in [1.807, 2.05) is 30.3 Å². The zero-order valence-corrected chi connectivity index (χ0v) is 18.6. The predicted molar refractivity (Wildman–Crippen MR) is 129 cm³/mol. The van der Waals surface area contributed by atoms with Gasteiger partial charge in [0.25, 0.3) is 0 Å². The standard InChI is InChI=1S/C28H24N2O3/c1-31-26-14-13-21(16-27(26)32-2)28-30-24(22-9-5-6-10-25(22)33-28)17-23(29-30)20-12-11-18-7-3-4-8-19(18)15-20/h3-16,24,28H,17H2,1-2H3/t24-,28-/m1/s1. The third-order valence-corrected chi connectivity index (χ3v) is 6.47. The average molecular weight is 437 g/mol. The van der Waals surface area contributed by atoms with E-state index in [1.54, 1.807) is 14.2 Å². The summed E-state index contributed by atoms with van der Waals surface area (Å²) in [5.41, 5.74) is 4.34. The molecule has 2 aliphatic rings. The molecule has 0 aliphatic carbocycles. The molecular formula is C28H24N2O3. The monoisotopic (exact) mass is 436 g/mol. The molecule has 4 aromatic carbocycles. The van der Waals surface area contributed by atoms with Crippen LogP contribution in [0.3, 0.4) is 0 Å². The zero-order chi connectivity index (χ0) is 22.4. The van der Waals surface area contributed by atoms with Crippen LogP contribution in [0.25, 0.3) is 10.8 Å². The number of ether oxygens (including phenoxy) is 3. The van der Waals surface area contributed by atoms with Crippen molar-refractivity contribution in [1.29, 1.82) is 0 Å². The lowest BCUT2D eigenvalue weighted by molar-refractivity contribution is -0.0191. The molecule has 0 radical (unpaired) electrons. The van der Waals surface area contributed by atoms with Crippen molar-refractivity contribution in [3.63, 3.8) is 0 Å². The van der Waals surface area contributed by atoms with Gasteiger partial charge in [-0.25, -0.2) is 5.01 Å². The maximum atomic E-state index is 6.48. The van der Waals surface area contributed by atoms with Gasteiger partial charge in [-0.2, -0.15) is 5.10 Å². The van der Waals surface area contributed by atoms with Crippen LogP contribution in [0, 0.1) is 0 Å². The maximum absolute atomic E-state index is 6.48. The summed E-state index contributed by atoms with van der Waals surface area (Å²) in [6, 6.07) is 29.2. The highest BCUT2D eigenvalue weighted by Gasteiger charge is 2.41. The number of rotatable bonds is 4. The van der Waals surface area contributed by atoms with E-state index in [2.05, 4.69) is 59.6 Å². The number of para-hydroxylation sites is 1. The van der Waals surface area contributed by atoms with Crippen molar-refractivity contribution >= 4 is 16.5 Å². The van der Waals surface area contributed by atoms with Crippen LogP contribution in [0.15, 0.2) is 90.0 Å². The molecule has 0 N–H and O–H groups in total. The third kappa shape index (κ3) is 3.28. The van der Waals surface area contributed by atoms with E-state index in [4.69, 9.17) is 19.3 Å². The van der Waals surface area contributed by atoms with Crippen molar-refractivity contribution in [3.8, 4) is 17.2 Å². The molecule has 164 valence electrons. The summed E-state index contributed by atoms with van der Waals surface area (Å²) in [4.78, 5) is 0. The SMILES string of the molecule is COc1ccc([C@H]2Oc3ccccc3[C@H]3CC(c4ccc5ccccc5c4)=NN32)cc1OC. The number of benzene rings is 4. The first-order valence-corrected chi connectivity index (χ1v) is 11.1. The van der Waals surface area contributed by atoms with Gasteiger partial charge in [-0.15, -0.1) is 0 Å². The van der Waals surface area contributed by atoms with Crippen molar-refractivity contribution < 1.29 is 14.2 Å². The normalized spacial score (nSPS) is 18.8. The molecule has 0 saturated carbocycles. The first kappa shape index (κ1) is 19.7. The fourth-order valence-corrected chi connectivity index (χ4v) is 4.80. The van der Waals surface area contributed by atoms with E-state index in [-0.39, 0.29) is 12.3 Å². The number of hydrogen-bond donors (Lipinski definition) is 0. The highest BCUT2D eigenvalue weighted by atomic mass is 16.5. The molecule has 33 heavy (non-hydrogen) atoms. The molecule has 0 saturated heterocycles. The Morgan fingerprint density at radius 1 is 0.818 bits per heavy atom. The van der Waals surface area contributed by atoms with Gasteiger partial charge in [0.15, 0.2) is 11.5 Å². The van der Waals surface area contributed by atoms with Crippen LogP contribution in [-0.2, 0) is 0 Å². The van der Waals surface area contributed by atoms with Crippen molar-refractivity contribution in [2.75, 3.05) is 14.2 Å². The first-order chi connectivity index (χ1) is 16.2. The van der Waals surface area contributed by atoms with Crippen LogP contribution < -0.4 is 14.2 Å². The second-order valence-corrected chi connectivity index (χ2v) is 8.33. The number of hydrogen-bond acceptors (Lipinski definition) is 5. The molecule has 2 aliphatic heterocycles. The Morgan fingerprint density at radius 2 is 1.61 bits per heavy atom. The van der Waals surface area contributed by atoms with E-state index < -0.39 is 0 Å². The van der Waals surface area contributed by atoms with Crippen LogP contribution in [0.2, 0.25) is 0 Å². The van der Waals surface area contributed by atoms with Crippen LogP contribution in [-0.4, -0.2) is 24.9 Å². The van der Waals surface area contributed by atoms with Crippen LogP contribution in [0.5, 0.6) is 17.2 Å². The Bertz CT molecular complexity index is 1380. The molecule has 2 heterocycles. The minimum atomic E-state index is -0.359. The summed E-state index contributed by atoms with van der Waals surface area (Å²) in [6.07, 6.45) is 0.463. The van der Waals surface area contributed by atoms with E-state index in [0.29, 0.717) is 11.5 Å². The molecule has 6 rings (SSSR count). The molecule has 0 amide bonds. The second-order valence-electron chi connectivity index (χ2n) is 8.33. The van der Waals surface area contributed by atoms with Gasteiger partial charge >= 0.3 is 0 Å². The largest absolute Gasteiger partial charge is 0.493 e. The zero-order valence-electron chi connectivity index (χ0n) is 18.6. The Morgan fingerprint density at radius 3 is 2.45 bits per heavy atom. The topological polar surface area (TPSA) is 43.3 Å². The Kier molecular flexibility index (Phi) is 4.68. The van der Waals surface area contributed by atoms with Gasteiger partial charge in [-0.3, -0.25) is 0 Å². The van der Waals surface area contributed by atoms with Gasteiger partial charge < -0.3 is 14.2 Å². The molecule has 2 atom stereocenters. The van der Waals surface area contributed by atoms with E-state index in [1.165, 1.54) is 10.8 Å². The predicted octanol–water partition coefficient (Wildman–Crippen LogP) is 6.10. The lowest BCUT2D eigenvalue weighted by Crippen LogP contribution is -2.33. The Hall–Kier alpha value is -3.99. The molecule has 5 nitrogen and oxygen atoms in total. The maximum Gasteiger partial charge on any atom is 0.214 e. The number of methoxy groups -OCH3 is 2. The highest BCUT2D eigenvalue weighted by molar-refractivity contribution is 6.04. The van der Waals surface area contributed by atoms with E-state index in [9.17, 15) is 0 Å². The van der Waals surface area contributed by atoms with E-state index >= 15 is 0 Å². The second kappa shape index (κ2) is 7.85. The molecule has 0 bridgehead atoms. The summed E-state index contributed by atoms with van der Waals surface area (Å²) < 4.78 is 17.5. The van der Waals surface area contributed by atoms with Crippen molar-refractivity contribution in [2.45, 2.75) is 18.7 Å². The molecule has 0 aromatic heterocycles. The fraction of sp³-hybridized carbons (Fsp3) is 0.179. The average Bonchev–Trinajstić information content (AvgIpc) is 3.33. The summed E-state index contributed by atoms with van der Waals surface area (Å²) in [7, 11) is 3.29. The van der Waals surface area contributed by atoms with E-state index in [0.717, 1.165) is 34.6 Å². The quantitative estimate of drug-likeness (QED) is 0.388. The smallest absolute Gasteiger partial charge is 0.214 e. The van der Waals surface area contributed by atoms with Gasteiger partial charge in [0.05, 0.1) is 26.0 Å². The third-order valence-electron chi connectivity index (χ3n) is 6.47. The first-order valence-electron chi connectivity index (χ1n) is 11.1. The highest BCUT2D eigenvalue weighted by Crippen LogP contribution is 2.48. The number of fused-ring (bicyclic) bond motifs is 4. The van der Waals surface area contributed by atoms with Gasteiger partial charge in [0.2, 0.25) is 6.23 Å².